The van der Waals surface area contributed by atoms with Crippen molar-refractivity contribution in [2.24, 2.45) is 5.92 Å². The van der Waals surface area contributed by atoms with Crippen molar-refractivity contribution in [2.45, 2.75) is 38.1 Å². The van der Waals surface area contributed by atoms with E-state index in [4.69, 9.17) is 0 Å². The lowest BCUT2D eigenvalue weighted by atomic mass is 9.73. The number of carbonyl (C=O) groups is 3. The molecule has 2 atom stereocenters. The van der Waals surface area contributed by atoms with Gasteiger partial charge in [0.1, 0.15) is 17.1 Å². The molecule has 1 spiro atoms. The Kier molecular flexibility index (Phi) is 5.17. The van der Waals surface area contributed by atoms with E-state index in [0.29, 0.717) is 12.1 Å². The van der Waals surface area contributed by atoms with Gasteiger partial charge in [-0.15, -0.1) is 11.3 Å². The molecule has 1 saturated carbocycles. The molecular weight excluding hydrogens is 424 g/mol. The van der Waals surface area contributed by atoms with Crippen LogP contribution in [0.2, 0.25) is 0 Å². The predicted molar refractivity (Wildman–Crippen MR) is 124 cm³/mol. The van der Waals surface area contributed by atoms with Gasteiger partial charge in [-0.1, -0.05) is 44.0 Å². The second-order valence-electron chi connectivity index (χ2n) is 8.56. The molecule has 32 heavy (non-hydrogen) atoms. The Morgan fingerprint density at radius 2 is 2.06 bits per heavy atom. The van der Waals surface area contributed by atoms with Crippen LogP contribution in [-0.4, -0.2) is 39.8 Å². The van der Waals surface area contributed by atoms with Crippen molar-refractivity contribution in [3.05, 3.63) is 48.5 Å². The number of benzene rings is 2. The molecule has 0 radical (unpaired) electrons. The van der Waals surface area contributed by atoms with Gasteiger partial charge < -0.3 is 10.6 Å². The van der Waals surface area contributed by atoms with Crippen LogP contribution in [0.4, 0.5) is 10.5 Å². The molecule has 5 rings (SSSR count). The molecule has 1 aromatic heterocycles. The van der Waals surface area contributed by atoms with Crippen molar-refractivity contribution >= 4 is 45.1 Å². The average Bonchev–Trinajstić information content (AvgIpc) is 3.32. The summed E-state index contributed by atoms with van der Waals surface area (Å²) in [6, 6.07) is 14.9. The zero-order valence-electron chi connectivity index (χ0n) is 17.8. The Morgan fingerprint density at radius 1 is 1.22 bits per heavy atom. The first-order valence-corrected chi connectivity index (χ1v) is 11.7. The third-order valence-corrected chi connectivity index (χ3v) is 7.58. The highest BCUT2D eigenvalue weighted by atomic mass is 32.1. The van der Waals surface area contributed by atoms with Gasteiger partial charge in [0, 0.05) is 11.3 Å². The SMILES string of the molecule is C[C@@H]1CCCC[C@]12NC(=O)N(CC(=O)Nc1cccc(-c3nc4ccccc4s3)c1)C2=O. The maximum Gasteiger partial charge on any atom is 0.325 e. The molecule has 4 amide bonds. The van der Waals surface area contributed by atoms with Gasteiger partial charge in [-0.25, -0.2) is 9.78 Å². The number of urea groups is 1. The van der Waals surface area contributed by atoms with Gasteiger partial charge in [0.15, 0.2) is 0 Å². The highest BCUT2D eigenvalue weighted by Gasteiger charge is 2.55. The Morgan fingerprint density at radius 3 is 2.88 bits per heavy atom. The number of hydrogen-bond acceptors (Lipinski definition) is 5. The standard InChI is InChI=1S/C24H24N4O3S/c1-15-7-4-5-12-24(15)22(30)28(23(31)27-24)14-20(29)25-17-9-6-8-16(13-17)21-26-18-10-2-3-11-19(18)32-21/h2-3,6,8-11,13,15H,4-5,7,12,14H2,1H3,(H,25,29)(H,27,31)/t15-,24+/m1/s1. The number of aromatic nitrogens is 1. The summed E-state index contributed by atoms with van der Waals surface area (Å²) in [4.78, 5) is 44.0. The van der Waals surface area contributed by atoms with Crippen molar-refractivity contribution in [2.75, 3.05) is 11.9 Å². The molecule has 2 heterocycles. The quantitative estimate of drug-likeness (QED) is 0.579. The zero-order chi connectivity index (χ0) is 22.3. The number of anilines is 1. The van der Waals surface area contributed by atoms with Crippen molar-refractivity contribution < 1.29 is 14.4 Å². The predicted octanol–water partition coefficient (Wildman–Crippen LogP) is 4.40. The lowest BCUT2D eigenvalue weighted by molar-refractivity contribution is -0.136. The van der Waals surface area contributed by atoms with E-state index in [1.54, 1.807) is 17.4 Å². The number of carbonyl (C=O) groups excluding carboxylic acids is 3. The van der Waals surface area contributed by atoms with Crippen LogP contribution in [0.15, 0.2) is 48.5 Å². The molecule has 1 aliphatic heterocycles. The Hall–Kier alpha value is -3.26. The second kappa shape index (κ2) is 8.02. The molecule has 2 aliphatic rings. The van der Waals surface area contributed by atoms with E-state index in [1.165, 1.54) is 0 Å². The fraction of sp³-hybridized carbons (Fsp3) is 0.333. The normalized spacial score (nSPS) is 23.0. The van der Waals surface area contributed by atoms with Gasteiger partial charge >= 0.3 is 6.03 Å². The number of nitrogens with one attached hydrogen (secondary N) is 2. The van der Waals surface area contributed by atoms with Crippen molar-refractivity contribution in [1.82, 2.24) is 15.2 Å². The molecule has 7 nitrogen and oxygen atoms in total. The number of hydrogen-bond donors (Lipinski definition) is 2. The molecule has 2 fully saturated rings. The summed E-state index contributed by atoms with van der Waals surface area (Å²) in [6.45, 7) is 1.69. The minimum absolute atomic E-state index is 0.0613. The summed E-state index contributed by atoms with van der Waals surface area (Å²) in [5.41, 5.74) is 1.57. The van der Waals surface area contributed by atoms with Gasteiger partial charge in [0.05, 0.1) is 10.2 Å². The van der Waals surface area contributed by atoms with Crippen LogP contribution in [0, 0.1) is 5.92 Å². The molecule has 2 N–H and O–H groups in total. The largest absolute Gasteiger partial charge is 0.325 e. The first-order chi connectivity index (χ1) is 15.5. The Balaban J connectivity index is 1.30. The van der Waals surface area contributed by atoms with Crippen LogP contribution in [0.5, 0.6) is 0 Å². The van der Waals surface area contributed by atoms with Crippen LogP contribution < -0.4 is 10.6 Å². The molecule has 0 bridgehead atoms. The molecule has 1 aliphatic carbocycles. The fourth-order valence-electron chi connectivity index (χ4n) is 4.71. The Labute approximate surface area is 189 Å². The molecule has 1 saturated heterocycles. The molecule has 164 valence electrons. The number of imide groups is 1. The Bertz CT molecular complexity index is 1190. The summed E-state index contributed by atoms with van der Waals surface area (Å²) in [5.74, 6) is -0.630. The van der Waals surface area contributed by atoms with E-state index < -0.39 is 17.5 Å². The zero-order valence-corrected chi connectivity index (χ0v) is 18.6. The average molecular weight is 449 g/mol. The van der Waals surface area contributed by atoms with E-state index in [9.17, 15) is 14.4 Å². The molecular formula is C24H24N4O3S. The maximum absolute atomic E-state index is 13.1. The fourth-order valence-corrected chi connectivity index (χ4v) is 5.67. The number of para-hydroxylation sites is 1. The number of amides is 4. The molecule has 2 aromatic carbocycles. The molecule has 8 heteroatoms. The van der Waals surface area contributed by atoms with Crippen LogP contribution in [0.1, 0.15) is 32.6 Å². The van der Waals surface area contributed by atoms with Gasteiger partial charge in [0.25, 0.3) is 5.91 Å². The van der Waals surface area contributed by atoms with E-state index in [0.717, 1.165) is 45.0 Å². The number of thiazole rings is 1. The number of nitrogens with zero attached hydrogens (tertiary/aromatic N) is 2. The van der Waals surface area contributed by atoms with E-state index in [1.807, 2.05) is 49.4 Å². The van der Waals surface area contributed by atoms with Gasteiger partial charge in [-0.3, -0.25) is 14.5 Å². The van der Waals surface area contributed by atoms with E-state index in [-0.39, 0.29) is 18.4 Å². The third kappa shape index (κ3) is 3.54. The summed E-state index contributed by atoms with van der Waals surface area (Å²) in [5, 5.41) is 6.57. The van der Waals surface area contributed by atoms with Crippen LogP contribution in [-0.2, 0) is 9.59 Å². The molecule has 3 aromatic rings. The topological polar surface area (TPSA) is 91.4 Å². The van der Waals surface area contributed by atoms with Crippen molar-refractivity contribution in [3.63, 3.8) is 0 Å². The summed E-state index contributed by atoms with van der Waals surface area (Å²) in [7, 11) is 0. The summed E-state index contributed by atoms with van der Waals surface area (Å²) < 4.78 is 1.10. The lowest BCUT2D eigenvalue weighted by Crippen LogP contribution is -2.54. The van der Waals surface area contributed by atoms with Crippen LogP contribution in [0.3, 0.4) is 0 Å². The van der Waals surface area contributed by atoms with Crippen LogP contribution in [0.25, 0.3) is 20.8 Å². The number of fused-ring (bicyclic) bond motifs is 1. The minimum atomic E-state index is -0.859. The molecule has 0 unspecified atom stereocenters. The van der Waals surface area contributed by atoms with Gasteiger partial charge in [-0.05, 0) is 43.0 Å². The summed E-state index contributed by atoms with van der Waals surface area (Å²) in [6.07, 6.45) is 3.47. The first kappa shape index (κ1) is 20.6. The van der Waals surface area contributed by atoms with E-state index >= 15 is 0 Å². The first-order valence-electron chi connectivity index (χ1n) is 10.9. The smallest absolute Gasteiger partial charge is 0.325 e. The maximum atomic E-state index is 13.1. The van der Waals surface area contributed by atoms with Gasteiger partial charge in [-0.2, -0.15) is 0 Å². The van der Waals surface area contributed by atoms with Crippen LogP contribution >= 0.6 is 11.3 Å². The summed E-state index contributed by atoms with van der Waals surface area (Å²) >= 11 is 1.59. The number of rotatable bonds is 4. The van der Waals surface area contributed by atoms with Gasteiger partial charge in [0.2, 0.25) is 5.91 Å². The van der Waals surface area contributed by atoms with E-state index in [2.05, 4.69) is 15.6 Å². The lowest BCUT2D eigenvalue weighted by Gasteiger charge is -2.36. The van der Waals surface area contributed by atoms with Crippen molar-refractivity contribution in [3.8, 4) is 10.6 Å². The highest BCUT2D eigenvalue weighted by Crippen LogP contribution is 2.38. The third-order valence-electron chi connectivity index (χ3n) is 6.49. The second-order valence-corrected chi connectivity index (χ2v) is 9.59. The highest BCUT2D eigenvalue weighted by molar-refractivity contribution is 7.21. The van der Waals surface area contributed by atoms with Crippen molar-refractivity contribution in [1.29, 1.82) is 0 Å². The minimum Gasteiger partial charge on any atom is -0.325 e. The monoisotopic (exact) mass is 448 g/mol.